The lowest BCUT2D eigenvalue weighted by molar-refractivity contribution is 0.0991. The Bertz CT molecular complexity index is 362. The highest BCUT2D eigenvalue weighted by molar-refractivity contribution is 5.97. The minimum Gasteiger partial charge on any atom is -0.294 e. The van der Waals surface area contributed by atoms with E-state index in [0.29, 0.717) is 6.42 Å². The average Bonchev–Trinajstić information content (AvgIpc) is 2.31. The summed E-state index contributed by atoms with van der Waals surface area (Å²) in [4.78, 5) is 11.9. The van der Waals surface area contributed by atoms with Crippen LogP contribution in [0.25, 0.3) is 0 Å². The largest absolute Gasteiger partial charge is 0.294 e. The molecular formula is C14H16O. The maximum Gasteiger partial charge on any atom is 0.166 e. The zero-order chi connectivity index (χ0) is 10.5. The summed E-state index contributed by atoms with van der Waals surface area (Å²) in [6.45, 7) is 0. The van der Waals surface area contributed by atoms with E-state index in [1.807, 2.05) is 30.3 Å². The molecule has 0 heterocycles. The molecule has 0 saturated heterocycles. The fourth-order valence-electron chi connectivity index (χ4n) is 2.00. The van der Waals surface area contributed by atoms with Crippen LogP contribution in [0.15, 0.2) is 42.0 Å². The van der Waals surface area contributed by atoms with Crippen LogP contribution >= 0.6 is 0 Å². The number of hydrogen-bond acceptors (Lipinski definition) is 1. The minimum absolute atomic E-state index is 0.253. The van der Waals surface area contributed by atoms with Gasteiger partial charge in [-0.25, -0.2) is 0 Å². The first kappa shape index (κ1) is 10.2. The summed E-state index contributed by atoms with van der Waals surface area (Å²) in [5.74, 6) is 0.253. The van der Waals surface area contributed by atoms with E-state index < -0.39 is 0 Å². The van der Waals surface area contributed by atoms with Crippen LogP contribution in [-0.4, -0.2) is 5.78 Å². The molecule has 2 rings (SSSR count). The van der Waals surface area contributed by atoms with Gasteiger partial charge in [0.05, 0.1) is 0 Å². The first-order valence-corrected chi connectivity index (χ1v) is 5.62. The molecule has 0 bridgehead atoms. The smallest absolute Gasteiger partial charge is 0.166 e. The molecular weight excluding hydrogens is 184 g/mol. The highest BCUT2D eigenvalue weighted by Crippen LogP contribution is 2.21. The number of ketones is 1. The summed E-state index contributed by atoms with van der Waals surface area (Å²) >= 11 is 0. The van der Waals surface area contributed by atoms with E-state index in [0.717, 1.165) is 18.4 Å². The zero-order valence-corrected chi connectivity index (χ0v) is 8.91. The van der Waals surface area contributed by atoms with Crippen molar-refractivity contribution in [1.82, 2.24) is 0 Å². The van der Waals surface area contributed by atoms with Crippen molar-refractivity contribution >= 4 is 5.78 Å². The van der Waals surface area contributed by atoms with E-state index in [4.69, 9.17) is 0 Å². The van der Waals surface area contributed by atoms with Crippen molar-refractivity contribution in [3.05, 3.63) is 47.5 Å². The molecule has 0 aromatic heterocycles. The van der Waals surface area contributed by atoms with Crippen LogP contribution in [0.5, 0.6) is 0 Å². The van der Waals surface area contributed by atoms with Gasteiger partial charge in [-0.15, -0.1) is 0 Å². The summed E-state index contributed by atoms with van der Waals surface area (Å²) in [6.07, 6.45) is 7.64. The van der Waals surface area contributed by atoms with Gasteiger partial charge in [0.2, 0.25) is 0 Å². The second kappa shape index (κ2) is 4.92. The summed E-state index contributed by atoms with van der Waals surface area (Å²) < 4.78 is 0. The van der Waals surface area contributed by atoms with E-state index in [1.54, 1.807) is 0 Å². The fraction of sp³-hybridized carbons (Fsp3) is 0.357. The van der Waals surface area contributed by atoms with Gasteiger partial charge in [-0.05, 0) is 25.7 Å². The monoisotopic (exact) mass is 200 g/mol. The molecule has 0 atom stereocenters. The maximum absolute atomic E-state index is 11.9. The number of benzene rings is 1. The first-order chi connectivity index (χ1) is 7.36. The average molecular weight is 200 g/mol. The Morgan fingerprint density at radius 2 is 1.93 bits per heavy atom. The van der Waals surface area contributed by atoms with Crippen molar-refractivity contribution in [2.24, 2.45) is 0 Å². The summed E-state index contributed by atoms with van der Waals surface area (Å²) in [5.41, 5.74) is 2.17. The third kappa shape index (κ3) is 2.79. The van der Waals surface area contributed by atoms with Gasteiger partial charge in [-0.1, -0.05) is 42.0 Å². The number of Topliss-reactive ketones (excluding diaryl/α,β-unsaturated/α-hetero) is 1. The molecule has 0 fully saturated rings. The van der Waals surface area contributed by atoms with Gasteiger partial charge in [0.25, 0.3) is 0 Å². The number of hydrogen-bond donors (Lipinski definition) is 0. The van der Waals surface area contributed by atoms with Crippen LogP contribution in [0.2, 0.25) is 0 Å². The van der Waals surface area contributed by atoms with Crippen LogP contribution in [0.3, 0.4) is 0 Å². The van der Waals surface area contributed by atoms with Crippen LogP contribution in [-0.2, 0) is 0 Å². The van der Waals surface area contributed by atoms with E-state index in [1.165, 1.54) is 18.4 Å². The Balaban J connectivity index is 2.01. The molecule has 0 saturated carbocycles. The predicted octanol–water partition coefficient (Wildman–Crippen LogP) is 3.76. The first-order valence-electron chi connectivity index (χ1n) is 5.62. The Hall–Kier alpha value is -1.37. The van der Waals surface area contributed by atoms with Gasteiger partial charge in [0, 0.05) is 12.0 Å². The van der Waals surface area contributed by atoms with Crippen molar-refractivity contribution < 1.29 is 4.79 Å². The van der Waals surface area contributed by atoms with Crippen molar-refractivity contribution in [3.8, 4) is 0 Å². The van der Waals surface area contributed by atoms with Crippen LogP contribution in [0, 0.1) is 0 Å². The van der Waals surface area contributed by atoms with Crippen LogP contribution < -0.4 is 0 Å². The molecule has 0 radical (unpaired) electrons. The van der Waals surface area contributed by atoms with Gasteiger partial charge >= 0.3 is 0 Å². The normalized spacial score (nSPS) is 15.9. The van der Waals surface area contributed by atoms with E-state index in [2.05, 4.69) is 6.08 Å². The number of allylic oxidation sites excluding steroid dienone is 2. The topological polar surface area (TPSA) is 17.1 Å². The van der Waals surface area contributed by atoms with Crippen molar-refractivity contribution in [2.75, 3.05) is 0 Å². The van der Waals surface area contributed by atoms with Crippen LogP contribution in [0.1, 0.15) is 42.5 Å². The van der Waals surface area contributed by atoms with Crippen molar-refractivity contribution in [3.63, 3.8) is 0 Å². The van der Waals surface area contributed by atoms with Crippen molar-refractivity contribution in [1.29, 1.82) is 0 Å². The molecule has 0 spiro atoms. The summed E-state index contributed by atoms with van der Waals surface area (Å²) in [6, 6.07) is 9.57. The summed E-state index contributed by atoms with van der Waals surface area (Å²) in [5, 5.41) is 0. The Kier molecular flexibility index (Phi) is 3.33. The van der Waals surface area contributed by atoms with Gasteiger partial charge < -0.3 is 0 Å². The molecule has 1 heteroatoms. The predicted molar refractivity (Wildman–Crippen MR) is 61.9 cm³/mol. The summed E-state index contributed by atoms with van der Waals surface area (Å²) in [7, 11) is 0. The van der Waals surface area contributed by atoms with E-state index in [9.17, 15) is 4.79 Å². The maximum atomic E-state index is 11.9. The van der Waals surface area contributed by atoms with Gasteiger partial charge in [0.15, 0.2) is 5.78 Å². The number of carbonyl (C=O) groups is 1. The third-order valence-corrected chi connectivity index (χ3v) is 2.87. The second-order valence-electron chi connectivity index (χ2n) is 4.07. The molecule has 78 valence electrons. The van der Waals surface area contributed by atoms with Gasteiger partial charge in [-0.2, -0.15) is 0 Å². The quantitative estimate of drug-likeness (QED) is 0.536. The van der Waals surface area contributed by atoms with E-state index >= 15 is 0 Å². The van der Waals surface area contributed by atoms with Gasteiger partial charge in [-0.3, -0.25) is 4.79 Å². The lowest BCUT2D eigenvalue weighted by Crippen LogP contribution is -2.02. The van der Waals surface area contributed by atoms with Crippen LogP contribution in [0.4, 0.5) is 0 Å². The molecule has 1 aromatic carbocycles. The Morgan fingerprint density at radius 3 is 2.60 bits per heavy atom. The number of rotatable bonds is 3. The second-order valence-corrected chi connectivity index (χ2v) is 4.07. The molecule has 1 aliphatic carbocycles. The highest BCUT2D eigenvalue weighted by atomic mass is 16.1. The van der Waals surface area contributed by atoms with Crippen molar-refractivity contribution in [2.45, 2.75) is 32.1 Å². The lowest BCUT2D eigenvalue weighted by Gasteiger charge is -2.11. The Labute approximate surface area is 90.8 Å². The molecule has 0 unspecified atom stereocenters. The lowest BCUT2D eigenvalue weighted by atomic mass is 9.94. The number of carbonyl (C=O) groups excluding carboxylic acids is 1. The molecule has 1 aromatic rings. The standard InChI is InChI=1S/C14H16O/c15-14(13-9-5-2-6-10-13)11-12-7-3-1-4-8-12/h2,5-7,9-10H,1,3-4,8,11H2. The molecule has 0 N–H and O–H groups in total. The van der Waals surface area contributed by atoms with Gasteiger partial charge in [0.1, 0.15) is 0 Å². The van der Waals surface area contributed by atoms with E-state index in [-0.39, 0.29) is 5.78 Å². The molecule has 15 heavy (non-hydrogen) atoms. The highest BCUT2D eigenvalue weighted by Gasteiger charge is 2.10. The molecule has 1 aliphatic rings. The minimum atomic E-state index is 0.253. The molecule has 0 aliphatic heterocycles. The Morgan fingerprint density at radius 1 is 1.13 bits per heavy atom. The zero-order valence-electron chi connectivity index (χ0n) is 8.91. The SMILES string of the molecule is O=C(CC1=CCCCC1)c1ccccc1. The fourth-order valence-corrected chi connectivity index (χ4v) is 2.00. The molecule has 0 amide bonds. The third-order valence-electron chi connectivity index (χ3n) is 2.87. The molecule has 1 nitrogen and oxygen atoms in total.